The number of ether oxygens (including phenoxy) is 1. The molecule has 1 aromatic rings. The van der Waals surface area contributed by atoms with Gasteiger partial charge in [-0.15, -0.1) is 17.5 Å². The predicted octanol–water partition coefficient (Wildman–Crippen LogP) is 3.69. The smallest absolute Gasteiger partial charge is 0.225 e. The molecule has 1 aliphatic heterocycles. The first-order chi connectivity index (χ1) is 10.5. The summed E-state index contributed by atoms with van der Waals surface area (Å²) >= 11 is 1.41. The van der Waals surface area contributed by atoms with Crippen LogP contribution in [0.5, 0.6) is 5.75 Å². The van der Waals surface area contributed by atoms with E-state index in [1.165, 1.54) is 16.7 Å². The Hall–Kier alpha value is -0.456. The average molecular weight is 415 g/mol. The van der Waals surface area contributed by atoms with Crippen LogP contribution in [0.25, 0.3) is 5.70 Å². The number of hydrogen-bond donors (Lipinski definition) is 0. The van der Waals surface area contributed by atoms with E-state index in [1.54, 1.807) is 13.8 Å². The van der Waals surface area contributed by atoms with E-state index in [2.05, 4.69) is 6.08 Å². The fraction of sp³-hybridized carbons (Fsp3) is 0.438. The molecule has 1 amide bonds. The monoisotopic (exact) mass is 415 g/mol. The molecule has 1 heterocycles. The van der Waals surface area contributed by atoms with Crippen LogP contribution in [0.1, 0.15) is 25.8 Å². The number of carbonyl (C=O) groups excluding carboxylic acids is 1. The third kappa shape index (κ3) is 4.55. The van der Waals surface area contributed by atoms with Crippen molar-refractivity contribution >= 4 is 23.4 Å². The van der Waals surface area contributed by atoms with Gasteiger partial charge in [0.1, 0.15) is 11.7 Å². The van der Waals surface area contributed by atoms with Crippen LogP contribution in [0.2, 0.25) is 0 Å². The second-order valence-electron chi connectivity index (χ2n) is 5.03. The van der Waals surface area contributed by atoms with Crippen LogP contribution in [0.4, 0.5) is 8.78 Å². The zero-order valence-corrected chi connectivity index (χ0v) is 17.0. The molecule has 1 atom stereocenters. The summed E-state index contributed by atoms with van der Waals surface area (Å²) in [5.74, 6) is -1.42. The Morgan fingerprint density at radius 1 is 1.39 bits per heavy atom. The van der Waals surface area contributed by atoms with Crippen LogP contribution in [-0.4, -0.2) is 29.5 Å². The van der Waals surface area contributed by atoms with Crippen molar-refractivity contribution in [2.45, 2.75) is 20.3 Å². The molecule has 1 radical (unpaired) electrons. The van der Waals surface area contributed by atoms with Crippen molar-refractivity contribution in [3.63, 3.8) is 0 Å². The third-order valence-electron chi connectivity index (χ3n) is 3.45. The van der Waals surface area contributed by atoms with Crippen molar-refractivity contribution in [2.24, 2.45) is 5.92 Å². The molecule has 0 N–H and O–H groups in total. The molecule has 1 aromatic carbocycles. The molecule has 0 spiro atoms. The maximum absolute atomic E-state index is 14.3. The molecule has 0 saturated heterocycles. The van der Waals surface area contributed by atoms with Gasteiger partial charge in [0.2, 0.25) is 5.91 Å². The molecule has 0 saturated carbocycles. The van der Waals surface area contributed by atoms with Gasteiger partial charge >= 0.3 is 0 Å². The number of nitrogens with zero attached hydrogens (tertiary/aromatic N) is 1. The SMILES string of the molecule is CCN1C(=O)C(C)C[C-]=C1c1c(F)cc(OCSC)cc1F.[Y]. The van der Waals surface area contributed by atoms with Gasteiger partial charge in [0.25, 0.3) is 0 Å². The third-order valence-corrected chi connectivity index (χ3v) is 3.80. The van der Waals surface area contributed by atoms with E-state index in [9.17, 15) is 13.6 Å². The summed E-state index contributed by atoms with van der Waals surface area (Å²) in [6.45, 7) is 3.89. The number of allylic oxidation sites excluding steroid dienone is 1. The van der Waals surface area contributed by atoms with Crippen LogP contribution >= 0.6 is 11.8 Å². The van der Waals surface area contributed by atoms with Gasteiger partial charge in [-0.2, -0.15) is 0 Å². The van der Waals surface area contributed by atoms with Gasteiger partial charge in [0, 0.05) is 45.2 Å². The van der Waals surface area contributed by atoms with E-state index in [-0.39, 0.29) is 61.5 Å². The molecule has 1 aliphatic rings. The van der Waals surface area contributed by atoms with E-state index >= 15 is 0 Å². The quantitative estimate of drug-likeness (QED) is 0.543. The Balaban J connectivity index is 0.00000264. The topological polar surface area (TPSA) is 29.5 Å². The standard InChI is InChI=1S/C16H18F2NO2S.Y/c1-4-19-14(6-5-10(2)16(19)20)15-12(17)7-11(8-13(15)18)21-9-22-3;/h7-8,10H,4-5,9H2,1-3H3;/q-1;. The Morgan fingerprint density at radius 3 is 2.52 bits per heavy atom. The van der Waals surface area contributed by atoms with Crippen molar-refractivity contribution in [2.75, 3.05) is 18.7 Å². The van der Waals surface area contributed by atoms with E-state index in [1.807, 2.05) is 6.26 Å². The summed E-state index contributed by atoms with van der Waals surface area (Å²) < 4.78 is 33.9. The number of benzene rings is 1. The van der Waals surface area contributed by atoms with Gasteiger partial charge in [-0.3, -0.25) is 4.79 Å². The minimum absolute atomic E-state index is 0. The molecule has 0 bridgehead atoms. The summed E-state index contributed by atoms with van der Waals surface area (Å²) in [5.41, 5.74) is -0.0457. The fourth-order valence-electron chi connectivity index (χ4n) is 2.33. The minimum atomic E-state index is -0.751. The molecule has 2 rings (SSSR count). The van der Waals surface area contributed by atoms with Crippen molar-refractivity contribution < 1.29 is 51.0 Å². The van der Waals surface area contributed by atoms with Crippen molar-refractivity contribution in [1.82, 2.24) is 4.90 Å². The second-order valence-corrected chi connectivity index (χ2v) is 5.84. The second kappa shape index (κ2) is 9.14. The molecule has 0 aromatic heterocycles. The van der Waals surface area contributed by atoms with E-state index in [0.29, 0.717) is 18.9 Å². The summed E-state index contributed by atoms with van der Waals surface area (Å²) in [7, 11) is 0. The van der Waals surface area contributed by atoms with Gasteiger partial charge in [-0.25, -0.2) is 14.9 Å². The zero-order valence-electron chi connectivity index (χ0n) is 13.4. The Kier molecular flexibility index (Phi) is 8.18. The Morgan fingerprint density at radius 2 is 2.00 bits per heavy atom. The molecule has 0 aliphatic carbocycles. The van der Waals surface area contributed by atoms with Gasteiger partial charge < -0.3 is 9.64 Å². The molecule has 123 valence electrons. The van der Waals surface area contributed by atoms with E-state index in [4.69, 9.17) is 4.74 Å². The molecule has 7 heteroatoms. The van der Waals surface area contributed by atoms with Gasteiger partial charge in [-0.05, 0) is 25.3 Å². The van der Waals surface area contributed by atoms with Crippen molar-refractivity contribution in [1.29, 1.82) is 0 Å². The molecule has 3 nitrogen and oxygen atoms in total. The van der Waals surface area contributed by atoms with E-state index in [0.717, 1.165) is 12.1 Å². The molecule has 1 unspecified atom stereocenters. The number of halogens is 2. The first-order valence-corrected chi connectivity index (χ1v) is 8.42. The predicted molar refractivity (Wildman–Crippen MR) is 83.2 cm³/mol. The first kappa shape index (κ1) is 20.6. The van der Waals surface area contributed by atoms with Crippen molar-refractivity contribution in [3.8, 4) is 5.75 Å². The first-order valence-electron chi connectivity index (χ1n) is 7.02. The summed E-state index contributed by atoms with van der Waals surface area (Å²) in [6, 6.07) is 2.28. The maximum atomic E-state index is 14.3. The molecule has 0 fully saturated rings. The Bertz CT molecular complexity index is 587. The maximum Gasteiger partial charge on any atom is 0.225 e. The Labute approximate surface area is 164 Å². The molecular formula is C16H18F2NO2SY-. The van der Waals surface area contributed by atoms with E-state index < -0.39 is 11.6 Å². The molecular weight excluding hydrogens is 397 g/mol. The van der Waals surface area contributed by atoms with Crippen LogP contribution in [0.15, 0.2) is 12.1 Å². The van der Waals surface area contributed by atoms with Gasteiger partial charge in [-0.1, -0.05) is 18.9 Å². The minimum Gasteiger partial charge on any atom is -0.483 e. The van der Waals surface area contributed by atoms with Crippen LogP contribution in [-0.2, 0) is 37.5 Å². The summed E-state index contributed by atoms with van der Waals surface area (Å²) in [5, 5.41) is 0. The number of carbonyl (C=O) groups is 1. The summed E-state index contributed by atoms with van der Waals surface area (Å²) in [4.78, 5) is 13.5. The van der Waals surface area contributed by atoms with Crippen LogP contribution < -0.4 is 4.74 Å². The zero-order chi connectivity index (χ0) is 16.3. The van der Waals surface area contributed by atoms with Gasteiger partial charge in [0.15, 0.2) is 0 Å². The number of hydrogen-bond acceptors (Lipinski definition) is 3. The molecule has 23 heavy (non-hydrogen) atoms. The van der Waals surface area contributed by atoms with Crippen LogP contribution in [0.3, 0.4) is 0 Å². The van der Waals surface area contributed by atoms with Gasteiger partial charge in [0.05, 0.1) is 11.6 Å². The number of amides is 1. The largest absolute Gasteiger partial charge is 0.483 e. The number of thioether (sulfide) groups is 1. The normalized spacial score (nSPS) is 17.6. The average Bonchev–Trinajstić information content (AvgIpc) is 2.48. The van der Waals surface area contributed by atoms with Crippen LogP contribution in [0, 0.1) is 23.6 Å². The number of rotatable bonds is 5. The summed E-state index contributed by atoms with van der Waals surface area (Å²) in [6.07, 6.45) is 5.14. The van der Waals surface area contributed by atoms with Crippen molar-refractivity contribution in [3.05, 3.63) is 35.4 Å². The fourth-order valence-corrected chi connectivity index (χ4v) is 2.59.